The average Bonchev–Trinajstić information content (AvgIpc) is 2.99. The topological polar surface area (TPSA) is 104 Å². The van der Waals surface area contributed by atoms with Gasteiger partial charge in [-0.3, -0.25) is 0 Å². The van der Waals surface area contributed by atoms with Crippen LogP contribution in [0.3, 0.4) is 0 Å². The summed E-state index contributed by atoms with van der Waals surface area (Å²) >= 11 is -0.440. The highest BCUT2D eigenvalue weighted by Crippen LogP contribution is 2.49. The van der Waals surface area contributed by atoms with Crippen LogP contribution < -0.4 is 0 Å². The SMILES string of the molecule is Cc1cc(Sc2cc(C)cc(C(C)(C)CCC(C)(C)c3cc(C)cc([S+]([O-])c4cc(C)cc(C(C)(C)C)c4O)c3O)c2O)c(O)c(C(C)(C)C)c1. The van der Waals surface area contributed by atoms with Crippen LogP contribution in [0.2, 0.25) is 0 Å². The molecule has 0 radical (unpaired) electrons. The van der Waals surface area contributed by atoms with Crippen molar-refractivity contribution < 1.29 is 25.0 Å². The Kier molecular flexibility index (Phi) is 11.3. The van der Waals surface area contributed by atoms with Gasteiger partial charge in [-0.25, -0.2) is 0 Å². The first-order valence-electron chi connectivity index (χ1n) is 17.7. The molecule has 0 heterocycles. The van der Waals surface area contributed by atoms with Gasteiger partial charge in [0.15, 0.2) is 11.5 Å². The van der Waals surface area contributed by atoms with Gasteiger partial charge < -0.3 is 25.0 Å². The molecule has 0 bridgehead atoms. The van der Waals surface area contributed by atoms with E-state index in [4.69, 9.17) is 0 Å². The number of rotatable bonds is 9. The molecule has 0 aliphatic heterocycles. The lowest BCUT2D eigenvalue weighted by Gasteiger charge is -2.33. The van der Waals surface area contributed by atoms with Crippen molar-refractivity contribution in [3.05, 3.63) is 93.0 Å². The molecule has 276 valence electrons. The smallest absolute Gasteiger partial charge is 0.200 e. The zero-order chi connectivity index (χ0) is 38.6. The maximum absolute atomic E-state index is 14.1. The minimum absolute atomic E-state index is 0.00218. The lowest BCUT2D eigenvalue weighted by molar-refractivity contribution is 0.347. The van der Waals surface area contributed by atoms with Crippen LogP contribution in [0.5, 0.6) is 23.0 Å². The van der Waals surface area contributed by atoms with Gasteiger partial charge in [-0.15, -0.1) is 0 Å². The van der Waals surface area contributed by atoms with E-state index in [1.54, 1.807) is 12.1 Å². The van der Waals surface area contributed by atoms with E-state index in [2.05, 4.69) is 48.5 Å². The van der Waals surface area contributed by atoms with Gasteiger partial charge in [0, 0.05) is 45.6 Å². The van der Waals surface area contributed by atoms with E-state index >= 15 is 0 Å². The van der Waals surface area contributed by atoms with Crippen LogP contribution in [0.25, 0.3) is 0 Å². The zero-order valence-corrected chi connectivity index (χ0v) is 34.7. The molecule has 0 saturated carbocycles. The fourth-order valence-corrected chi connectivity index (χ4v) is 9.26. The van der Waals surface area contributed by atoms with Gasteiger partial charge in [-0.1, -0.05) is 105 Å². The van der Waals surface area contributed by atoms with Crippen LogP contribution in [0.4, 0.5) is 0 Å². The van der Waals surface area contributed by atoms with Gasteiger partial charge in [0.05, 0.1) is 9.79 Å². The minimum atomic E-state index is -1.82. The van der Waals surface area contributed by atoms with Gasteiger partial charge in [-0.05, 0) is 96.6 Å². The van der Waals surface area contributed by atoms with Crippen LogP contribution in [0.15, 0.2) is 68.1 Å². The molecule has 1 unspecified atom stereocenters. The van der Waals surface area contributed by atoms with Crippen molar-refractivity contribution in [1.82, 2.24) is 0 Å². The normalized spacial score (nSPS) is 13.5. The van der Waals surface area contributed by atoms with Crippen molar-refractivity contribution in [2.24, 2.45) is 0 Å². The van der Waals surface area contributed by atoms with Crippen molar-refractivity contribution >= 4 is 22.9 Å². The van der Waals surface area contributed by atoms with Gasteiger partial charge in [0.2, 0.25) is 9.79 Å². The first-order chi connectivity index (χ1) is 23.2. The van der Waals surface area contributed by atoms with Crippen molar-refractivity contribution in [1.29, 1.82) is 0 Å². The molecular formula is C44H58O5S2. The average molecular weight is 731 g/mol. The molecule has 0 fully saturated rings. The second-order valence-corrected chi connectivity index (χ2v) is 20.3. The lowest BCUT2D eigenvalue weighted by Crippen LogP contribution is -2.25. The molecule has 4 rings (SSSR count). The molecule has 5 nitrogen and oxygen atoms in total. The molecule has 0 aromatic heterocycles. The number of benzene rings is 4. The van der Waals surface area contributed by atoms with E-state index in [0.717, 1.165) is 33.4 Å². The molecule has 0 amide bonds. The van der Waals surface area contributed by atoms with Gasteiger partial charge in [-0.2, -0.15) is 0 Å². The third kappa shape index (κ3) is 8.69. The fraction of sp³-hybridized carbons (Fsp3) is 0.455. The van der Waals surface area contributed by atoms with E-state index in [1.165, 1.54) is 11.8 Å². The Morgan fingerprint density at radius 2 is 0.765 bits per heavy atom. The Labute approximate surface area is 313 Å². The summed E-state index contributed by atoms with van der Waals surface area (Å²) < 4.78 is 14.1. The third-order valence-electron chi connectivity index (χ3n) is 9.95. The highest BCUT2D eigenvalue weighted by molar-refractivity contribution is 7.99. The fourth-order valence-electron chi connectivity index (χ4n) is 6.73. The zero-order valence-electron chi connectivity index (χ0n) is 33.0. The van der Waals surface area contributed by atoms with Crippen LogP contribution in [-0.2, 0) is 32.8 Å². The van der Waals surface area contributed by atoms with Crippen LogP contribution in [0, 0.1) is 27.7 Å². The van der Waals surface area contributed by atoms with E-state index < -0.39 is 22.0 Å². The van der Waals surface area contributed by atoms with Crippen molar-refractivity contribution in [2.75, 3.05) is 0 Å². The molecule has 0 aliphatic carbocycles. The Balaban J connectivity index is 1.67. The maximum atomic E-state index is 14.1. The van der Waals surface area contributed by atoms with Crippen molar-refractivity contribution in [3.63, 3.8) is 0 Å². The lowest BCUT2D eigenvalue weighted by atomic mass is 9.72. The number of hydrogen-bond donors (Lipinski definition) is 4. The summed E-state index contributed by atoms with van der Waals surface area (Å²) in [6.45, 7) is 28.6. The molecule has 7 heteroatoms. The van der Waals surface area contributed by atoms with Crippen LogP contribution >= 0.6 is 11.8 Å². The molecule has 0 aliphatic rings. The number of phenolic OH excluding ortho intramolecular Hbond substituents is 4. The van der Waals surface area contributed by atoms with E-state index in [1.807, 2.05) is 84.9 Å². The molecule has 0 saturated heterocycles. The monoisotopic (exact) mass is 730 g/mol. The molecule has 4 N–H and O–H groups in total. The van der Waals surface area contributed by atoms with E-state index in [0.29, 0.717) is 38.7 Å². The number of aromatic hydroxyl groups is 4. The summed E-state index contributed by atoms with van der Waals surface area (Å²) in [6, 6.07) is 15.3. The molecule has 4 aromatic carbocycles. The highest BCUT2D eigenvalue weighted by Gasteiger charge is 2.35. The Morgan fingerprint density at radius 1 is 0.471 bits per heavy atom. The number of phenols is 4. The predicted molar refractivity (Wildman–Crippen MR) is 213 cm³/mol. The Bertz CT molecular complexity index is 1940. The second kappa shape index (κ2) is 14.3. The van der Waals surface area contributed by atoms with Crippen molar-refractivity contribution in [3.8, 4) is 23.0 Å². The Hall–Kier alpha value is -3.26. The quantitative estimate of drug-likeness (QED) is 0.128. The summed E-state index contributed by atoms with van der Waals surface area (Å²) in [4.78, 5) is 1.98. The van der Waals surface area contributed by atoms with Gasteiger partial charge in [0.1, 0.15) is 11.5 Å². The summed E-state index contributed by atoms with van der Waals surface area (Å²) in [7, 11) is 0. The third-order valence-corrected chi connectivity index (χ3v) is 12.4. The Morgan fingerprint density at radius 3 is 1.16 bits per heavy atom. The molecule has 1 atom stereocenters. The summed E-state index contributed by atoms with van der Waals surface area (Å²) in [5, 5.41) is 46.0. The summed E-state index contributed by atoms with van der Waals surface area (Å²) in [6.07, 6.45) is 1.35. The van der Waals surface area contributed by atoms with E-state index in [-0.39, 0.29) is 38.7 Å². The molecule has 51 heavy (non-hydrogen) atoms. The predicted octanol–water partition coefficient (Wildman–Crippen LogP) is 11.7. The first-order valence-corrected chi connectivity index (χ1v) is 19.7. The number of hydrogen-bond acceptors (Lipinski definition) is 6. The second-order valence-electron chi connectivity index (χ2n) is 17.8. The van der Waals surface area contributed by atoms with E-state index in [9.17, 15) is 25.0 Å². The minimum Gasteiger partial charge on any atom is -0.606 e. The standard InChI is InChI=1S/C44H58O5S2/c1-25-17-29(41(5,6)7)37(45)33(21-25)50-34-22-26(2)19-31(38(34)46)43(11,12)15-16-44(13,14)32-20-28(4)24-36(40(32)48)51(49)35-23-27(3)18-30(39(35)47)42(8,9)10/h17-24,45-48H,15-16H2,1-14H3. The van der Waals surface area contributed by atoms with Crippen molar-refractivity contribution in [2.45, 2.75) is 151 Å². The summed E-state index contributed by atoms with van der Waals surface area (Å²) in [5.74, 6) is 0.421. The summed E-state index contributed by atoms with van der Waals surface area (Å²) in [5.41, 5.74) is 5.36. The van der Waals surface area contributed by atoms with Crippen LogP contribution in [0.1, 0.15) is 127 Å². The maximum Gasteiger partial charge on any atom is 0.200 e. The first kappa shape index (κ1) is 40.5. The van der Waals surface area contributed by atoms with Crippen LogP contribution in [-0.4, -0.2) is 25.0 Å². The number of aryl methyl sites for hydroxylation is 4. The highest BCUT2D eigenvalue weighted by atomic mass is 32.2. The van der Waals surface area contributed by atoms with Gasteiger partial charge >= 0.3 is 0 Å². The van der Waals surface area contributed by atoms with Gasteiger partial charge in [0.25, 0.3) is 0 Å². The molecule has 0 spiro atoms. The largest absolute Gasteiger partial charge is 0.606 e. The molecule has 4 aromatic rings. The molecular weight excluding hydrogens is 673 g/mol.